The van der Waals surface area contributed by atoms with Crippen LogP contribution in [0, 0.1) is 0 Å². The molecule has 0 saturated heterocycles. The van der Waals surface area contributed by atoms with E-state index in [9.17, 15) is 0 Å². The Morgan fingerprint density at radius 2 is 0.864 bits per heavy atom. The zero-order valence-corrected chi connectivity index (χ0v) is 37.6. The number of thiophene rings is 1. The number of fused-ring (bicyclic) bond motifs is 9. The van der Waals surface area contributed by atoms with Crippen LogP contribution in [0.5, 0.6) is 0 Å². The Balaban J connectivity index is 0.875. The Labute approximate surface area is 388 Å². The third kappa shape index (κ3) is 5.94. The third-order valence-electron chi connectivity index (χ3n) is 14.0. The van der Waals surface area contributed by atoms with Crippen LogP contribution in [0.1, 0.15) is 25.0 Å². The van der Waals surface area contributed by atoms with Crippen molar-refractivity contribution in [1.29, 1.82) is 0 Å². The van der Waals surface area contributed by atoms with Crippen molar-refractivity contribution in [2.75, 3.05) is 4.90 Å². The van der Waals surface area contributed by atoms with Gasteiger partial charge in [-0.25, -0.2) is 0 Å². The van der Waals surface area contributed by atoms with Crippen LogP contribution >= 0.6 is 11.3 Å². The lowest BCUT2D eigenvalue weighted by Crippen LogP contribution is -2.16. The van der Waals surface area contributed by atoms with Gasteiger partial charge in [0, 0.05) is 48.6 Å². The molecule has 12 aromatic rings. The van der Waals surface area contributed by atoms with Gasteiger partial charge in [0.15, 0.2) is 0 Å². The molecule has 1 aliphatic rings. The van der Waals surface area contributed by atoms with Crippen LogP contribution in [0.2, 0.25) is 0 Å². The van der Waals surface area contributed by atoms with Crippen LogP contribution < -0.4 is 4.90 Å². The Morgan fingerprint density at radius 1 is 0.379 bits per heavy atom. The second-order valence-electron chi connectivity index (χ2n) is 18.0. The van der Waals surface area contributed by atoms with Gasteiger partial charge >= 0.3 is 0 Å². The zero-order valence-electron chi connectivity index (χ0n) is 36.7. The summed E-state index contributed by atoms with van der Waals surface area (Å²) in [4.78, 5) is 2.44. The molecule has 2 heterocycles. The molecule has 2 nitrogen and oxygen atoms in total. The molecule has 0 saturated carbocycles. The minimum Gasteiger partial charge on any atom is -0.309 e. The molecular formula is C63H44N2S. The molecule has 0 bridgehead atoms. The zero-order chi connectivity index (χ0) is 43.9. The van der Waals surface area contributed by atoms with Gasteiger partial charge in [0.25, 0.3) is 0 Å². The summed E-state index contributed by atoms with van der Waals surface area (Å²) in [5, 5.41) is 5.12. The maximum atomic E-state index is 2.44. The summed E-state index contributed by atoms with van der Waals surface area (Å²) >= 11 is 1.87. The monoisotopic (exact) mass is 860 g/mol. The molecule has 0 aliphatic heterocycles. The lowest BCUT2D eigenvalue weighted by Gasteiger charge is -2.27. The van der Waals surface area contributed by atoms with Gasteiger partial charge in [0.05, 0.1) is 27.1 Å². The lowest BCUT2D eigenvalue weighted by atomic mass is 9.79. The van der Waals surface area contributed by atoms with Crippen molar-refractivity contribution in [2.45, 2.75) is 19.3 Å². The molecule has 66 heavy (non-hydrogen) atoms. The summed E-state index contributed by atoms with van der Waals surface area (Å²) in [5.41, 5.74) is 19.7. The van der Waals surface area contributed by atoms with E-state index in [0.29, 0.717) is 0 Å². The van der Waals surface area contributed by atoms with E-state index in [1.165, 1.54) is 109 Å². The first kappa shape index (κ1) is 38.5. The summed E-state index contributed by atoms with van der Waals surface area (Å²) < 4.78 is 5.00. The van der Waals surface area contributed by atoms with Crippen LogP contribution in [0.3, 0.4) is 0 Å². The minimum atomic E-state index is -0.0932. The molecule has 0 unspecified atom stereocenters. The van der Waals surface area contributed by atoms with Gasteiger partial charge in [-0.15, -0.1) is 11.3 Å². The van der Waals surface area contributed by atoms with E-state index in [1.54, 1.807) is 0 Å². The van der Waals surface area contributed by atoms with Gasteiger partial charge in [-0.2, -0.15) is 0 Å². The first-order chi connectivity index (χ1) is 32.5. The standard InChI is InChI=1S/C63H44N2S/c1-63(2)55-23-8-3-16-49(55)53-21-13-20-48(61(53)63)44-35-39-46(40-36-44)64(59-27-14-22-54-52-19-7-12-28-60(52)66-62(54)59)45-37-33-42(34-38-45)41-29-31-43(32-30-41)47-15-4-9-24-56(47)65-57-25-10-5-17-50(57)51-18-6-11-26-58(51)65/h3-40H,1-2H3. The maximum absolute atomic E-state index is 2.44. The summed E-state index contributed by atoms with van der Waals surface area (Å²) in [7, 11) is 0. The van der Waals surface area contributed by atoms with Gasteiger partial charge in [-0.05, 0) is 105 Å². The van der Waals surface area contributed by atoms with Gasteiger partial charge in [0.1, 0.15) is 0 Å². The minimum absolute atomic E-state index is 0.0932. The van der Waals surface area contributed by atoms with Crippen molar-refractivity contribution in [2.24, 2.45) is 0 Å². The van der Waals surface area contributed by atoms with E-state index in [4.69, 9.17) is 0 Å². The molecule has 0 fully saturated rings. The number of nitrogens with zero attached hydrogens (tertiary/aromatic N) is 2. The van der Waals surface area contributed by atoms with E-state index >= 15 is 0 Å². The topological polar surface area (TPSA) is 8.17 Å². The molecule has 2 aromatic heterocycles. The van der Waals surface area contributed by atoms with Crippen LogP contribution in [-0.4, -0.2) is 4.57 Å². The molecule has 3 heteroatoms. The van der Waals surface area contributed by atoms with Gasteiger partial charge in [-0.3, -0.25) is 0 Å². The highest BCUT2D eigenvalue weighted by atomic mass is 32.1. The molecule has 0 spiro atoms. The predicted octanol–water partition coefficient (Wildman–Crippen LogP) is 17.9. The first-order valence-corrected chi connectivity index (χ1v) is 23.7. The second kappa shape index (κ2) is 15.1. The molecule has 0 atom stereocenters. The van der Waals surface area contributed by atoms with Crippen molar-refractivity contribution < 1.29 is 0 Å². The van der Waals surface area contributed by atoms with E-state index in [2.05, 4.69) is 254 Å². The average molecular weight is 861 g/mol. The number of hydrogen-bond donors (Lipinski definition) is 0. The fraction of sp³-hybridized carbons (Fsp3) is 0.0476. The first-order valence-electron chi connectivity index (χ1n) is 22.8. The maximum Gasteiger partial charge on any atom is 0.0640 e. The van der Waals surface area contributed by atoms with Gasteiger partial charge < -0.3 is 9.47 Å². The van der Waals surface area contributed by atoms with E-state index in [1.807, 2.05) is 11.3 Å². The molecule has 0 N–H and O–H groups in total. The summed E-state index contributed by atoms with van der Waals surface area (Å²) in [6, 6.07) is 84.9. The predicted molar refractivity (Wildman–Crippen MR) is 282 cm³/mol. The number of aromatic nitrogens is 1. The average Bonchev–Trinajstić information content (AvgIpc) is 4.00. The number of benzene rings is 10. The van der Waals surface area contributed by atoms with Crippen LogP contribution in [0.4, 0.5) is 17.1 Å². The summed E-state index contributed by atoms with van der Waals surface area (Å²) in [5.74, 6) is 0. The van der Waals surface area contributed by atoms with Crippen LogP contribution in [0.25, 0.3) is 92.2 Å². The van der Waals surface area contributed by atoms with Crippen molar-refractivity contribution in [3.05, 3.63) is 242 Å². The quantitative estimate of drug-likeness (QED) is 0.155. The van der Waals surface area contributed by atoms with Crippen molar-refractivity contribution in [3.8, 4) is 50.2 Å². The SMILES string of the molecule is CC1(C)c2ccccc2-c2cccc(-c3ccc(N(c4ccc(-c5ccc(-c6ccccc6-n6c7ccccc7c7ccccc76)cc5)cc4)c4cccc5c4sc4ccccc45)cc3)c21. The fourth-order valence-corrected chi connectivity index (χ4v) is 12.2. The summed E-state index contributed by atoms with van der Waals surface area (Å²) in [6.07, 6.45) is 0. The third-order valence-corrected chi connectivity index (χ3v) is 15.2. The lowest BCUT2D eigenvalue weighted by molar-refractivity contribution is 0.662. The van der Waals surface area contributed by atoms with Crippen molar-refractivity contribution in [3.63, 3.8) is 0 Å². The normalized spacial score (nSPS) is 12.8. The Kier molecular flexibility index (Phi) is 8.78. The molecule has 312 valence electrons. The molecule has 0 amide bonds. The van der Waals surface area contributed by atoms with E-state index in [-0.39, 0.29) is 5.41 Å². The van der Waals surface area contributed by atoms with Crippen LogP contribution in [-0.2, 0) is 5.41 Å². The van der Waals surface area contributed by atoms with Gasteiger partial charge in [0.2, 0.25) is 0 Å². The smallest absolute Gasteiger partial charge is 0.0640 e. The number of hydrogen-bond acceptors (Lipinski definition) is 2. The van der Waals surface area contributed by atoms with Gasteiger partial charge in [-0.1, -0.05) is 190 Å². The summed E-state index contributed by atoms with van der Waals surface area (Å²) in [6.45, 7) is 4.74. The highest BCUT2D eigenvalue weighted by Gasteiger charge is 2.37. The fourth-order valence-electron chi connectivity index (χ4n) is 11.0. The second-order valence-corrected chi connectivity index (χ2v) is 19.1. The van der Waals surface area contributed by atoms with Crippen LogP contribution in [0.15, 0.2) is 231 Å². The van der Waals surface area contributed by atoms with E-state index < -0.39 is 0 Å². The Morgan fingerprint density at radius 3 is 1.58 bits per heavy atom. The Hall–Kier alpha value is -7.98. The molecule has 10 aromatic carbocycles. The number of para-hydroxylation sites is 3. The van der Waals surface area contributed by atoms with Crippen molar-refractivity contribution >= 4 is 70.4 Å². The van der Waals surface area contributed by atoms with E-state index in [0.717, 1.165) is 11.4 Å². The molecular weight excluding hydrogens is 817 g/mol. The molecule has 13 rings (SSSR count). The largest absolute Gasteiger partial charge is 0.309 e. The molecule has 0 radical (unpaired) electrons. The highest BCUT2D eigenvalue weighted by Crippen LogP contribution is 2.52. The van der Waals surface area contributed by atoms with Crippen molar-refractivity contribution in [1.82, 2.24) is 4.57 Å². The Bertz CT molecular complexity index is 3780. The number of rotatable bonds is 7. The highest BCUT2D eigenvalue weighted by molar-refractivity contribution is 7.26. The number of anilines is 3. The molecule has 1 aliphatic carbocycles.